The number of carbonyl (C=O) groups is 1. The first-order chi connectivity index (χ1) is 6.66. The van der Waals surface area contributed by atoms with E-state index in [0.29, 0.717) is 17.8 Å². The van der Waals surface area contributed by atoms with Gasteiger partial charge in [-0.15, -0.1) is 0 Å². The van der Waals surface area contributed by atoms with Gasteiger partial charge in [0.15, 0.2) is 0 Å². The number of hydrogen-bond donors (Lipinski definition) is 2. The molecular weight excluding hydrogens is 178 g/mol. The van der Waals surface area contributed by atoms with E-state index in [-0.39, 0.29) is 11.9 Å². The quantitative estimate of drug-likeness (QED) is 0.504. The highest BCUT2D eigenvalue weighted by molar-refractivity contribution is 5.89. The number of aliphatic imine (C=N–C) groups is 1. The van der Waals surface area contributed by atoms with Crippen molar-refractivity contribution in [2.75, 3.05) is 0 Å². The minimum absolute atomic E-state index is 0.0103. The number of amidine groups is 1. The SMILES string of the molecule is CC(N=C(N)C1CC1)C(=O)NC1CC1. The van der Waals surface area contributed by atoms with Gasteiger partial charge in [-0.3, -0.25) is 9.79 Å². The van der Waals surface area contributed by atoms with Gasteiger partial charge < -0.3 is 11.1 Å². The molecule has 0 heterocycles. The summed E-state index contributed by atoms with van der Waals surface area (Å²) in [6.07, 6.45) is 4.49. The lowest BCUT2D eigenvalue weighted by Gasteiger charge is -2.08. The molecule has 1 unspecified atom stereocenters. The molecule has 2 fully saturated rings. The van der Waals surface area contributed by atoms with E-state index in [2.05, 4.69) is 10.3 Å². The Kier molecular flexibility index (Phi) is 2.44. The Morgan fingerprint density at radius 3 is 2.57 bits per heavy atom. The van der Waals surface area contributed by atoms with Gasteiger partial charge in [-0.25, -0.2) is 0 Å². The predicted molar refractivity (Wildman–Crippen MR) is 55.0 cm³/mol. The first kappa shape index (κ1) is 9.49. The van der Waals surface area contributed by atoms with Gasteiger partial charge in [0.1, 0.15) is 6.04 Å². The minimum atomic E-state index is -0.323. The molecular formula is C10H17N3O. The van der Waals surface area contributed by atoms with Crippen LogP contribution in [0, 0.1) is 5.92 Å². The van der Waals surface area contributed by atoms with Crippen molar-refractivity contribution in [1.29, 1.82) is 0 Å². The maximum atomic E-state index is 11.5. The van der Waals surface area contributed by atoms with Crippen LogP contribution in [0.25, 0.3) is 0 Å². The monoisotopic (exact) mass is 195 g/mol. The normalized spacial score (nSPS) is 24.5. The van der Waals surface area contributed by atoms with Crippen LogP contribution in [0.2, 0.25) is 0 Å². The van der Waals surface area contributed by atoms with Gasteiger partial charge in [-0.05, 0) is 32.6 Å². The average Bonchev–Trinajstić information content (AvgIpc) is 2.99. The Labute approximate surface area is 84.0 Å². The second kappa shape index (κ2) is 3.59. The van der Waals surface area contributed by atoms with Crippen molar-refractivity contribution in [2.24, 2.45) is 16.6 Å². The smallest absolute Gasteiger partial charge is 0.244 e. The van der Waals surface area contributed by atoms with Crippen LogP contribution in [-0.2, 0) is 4.79 Å². The second-order valence-corrected chi connectivity index (χ2v) is 4.29. The van der Waals surface area contributed by atoms with Crippen LogP contribution in [0.5, 0.6) is 0 Å². The Morgan fingerprint density at radius 1 is 1.43 bits per heavy atom. The van der Waals surface area contributed by atoms with E-state index >= 15 is 0 Å². The van der Waals surface area contributed by atoms with Crippen molar-refractivity contribution in [2.45, 2.75) is 44.7 Å². The van der Waals surface area contributed by atoms with E-state index in [0.717, 1.165) is 25.7 Å². The van der Waals surface area contributed by atoms with Crippen molar-refractivity contribution in [1.82, 2.24) is 5.32 Å². The summed E-state index contributed by atoms with van der Waals surface area (Å²) in [5.41, 5.74) is 5.73. The Bertz CT molecular complexity index is 267. The van der Waals surface area contributed by atoms with Gasteiger partial charge in [0, 0.05) is 12.0 Å². The molecule has 2 rings (SSSR count). The highest BCUT2D eigenvalue weighted by Gasteiger charge is 2.28. The zero-order chi connectivity index (χ0) is 10.1. The number of nitrogens with one attached hydrogen (secondary N) is 1. The molecule has 0 saturated heterocycles. The molecule has 0 spiro atoms. The molecule has 1 amide bonds. The molecule has 2 saturated carbocycles. The summed E-state index contributed by atoms with van der Waals surface area (Å²) >= 11 is 0. The van der Waals surface area contributed by atoms with E-state index in [4.69, 9.17) is 5.73 Å². The fourth-order valence-electron chi connectivity index (χ4n) is 1.32. The molecule has 0 aromatic rings. The summed E-state index contributed by atoms with van der Waals surface area (Å²) in [5, 5.41) is 2.92. The number of nitrogens with zero attached hydrogens (tertiary/aromatic N) is 1. The lowest BCUT2D eigenvalue weighted by Crippen LogP contribution is -2.34. The van der Waals surface area contributed by atoms with Crippen LogP contribution in [0.3, 0.4) is 0 Å². The Hall–Kier alpha value is -1.06. The fourth-order valence-corrected chi connectivity index (χ4v) is 1.32. The van der Waals surface area contributed by atoms with E-state index in [9.17, 15) is 4.79 Å². The molecule has 78 valence electrons. The Morgan fingerprint density at radius 2 is 2.07 bits per heavy atom. The molecule has 0 aliphatic heterocycles. The van der Waals surface area contributed by atoms with Gasteiger partial charge >= 0.3 is 0 Å². The number of rotatable bonds is 4. The maximum absolute atomic E-state index is 11.5. The van der Waals surface area contributed by atoms with Gasteiger partial charge in [0.05, 0.1) is 5.84 Å². The van der Waals surface area contributed by atoms with Gasteiger partial charge in [0.2, 0.25) is 5.91 Å². The molecule has 2 aliphatic rings. The third-order valence-electron chi connectivity index (χ3n) is 2.64. The summed E-state index contributed by atoms with van der Waals surface area (Å²) in [6, 6.07) is 0.0819. The van der Waals surface area contributed by atoms with Gasteiger partial charge in [0.25, 0.3) is 0 Å². The van der Waals surface area contributed by atoms with Crippen LogP contribution < -0.4 is 11.1 Å². The zero-order valence-electron chi connectivity index (χ0n) is 8.49. The molecule has 3 N–H and O–H groups in total. The zero-order valence-corrected chi connectivity index (χ0v) is 8.49. The predicted octanol–water partition coefficient (Wildman–Crippen LogP) is 0.421. The summed E-state index contributed by atoms with van der Waals surface area (Å²) in [5.74, 6) is 1.12. The second-order valence-electron chi connectivity index (χ2n) is 4.29. The maximum Gasteiger partial charge on any atom is 0.244 e. The van der Waals surface area contributed by atoms with Crippen molar-refractivity contribution in [3.63, 3.8) is 0 Å². The third kappa shape index (κ3) is 2.47. The molecule has 0 aromatic carbocycles. The van der Waals surface area contributed by atoms with E-state index < -0.39 is 0 Å². The lowest BCUT2D eigenvalue weighted by atomic mass is 10.3. The molecule has 1 atom stereocenters. The standard InChI is InChI=1S/C10H17N3O/c1-6(10(14)13-8-4-5-8)12-9(11)7-2-3-7/h6-8H,2-5H2,1H3,(H2,11,12)(H,13,14). The van der Waals surface area contributed by atoms with Crippen LogP contribution >= 0.6 is 0 Å². The van der Waals surface area contributed by atoms with Crippen LogP contribution in [0.4, 0.5) is 0 Å². The third-order valence-corrected chi connectivity index (χ3v) is 2.64. The van der Waals surface area contributed by atoms with Crippen molar-refractivity contribution < 1.29 is 4.79 Å². The Balaban J connectivity index is 1.82. The van der Waals surface area contributed by atoms with E-state index in [1.54, 1.807) is 6.92 Å². The highest BCUT2D eigenvalue weighted by Crippen LogP contribution is 2.29. The fraction of sp³-hybridized carbons (Fsp3) is 0.800. The summed E-state index contributed by atoms with van der Waals surface area (Å²) in [7, 11) is 0. The molecule has 0 radical (unpaired) electrons. The summed E-state index contributed by atoms with van der Waals surface area (Å²) < 4.78 is 0. The molecule has 0 aromatic heterocycles. The van der Waals surface area contributed by atoms with Crippen molar-refractivity contribution >= 4 is 11.7 Å². The largest absolute Gasteiger partial charge is 0.387 e. The number of hydrogen-bond acceptors (Lipinski definition) is 2. The summed E-state index contributed by atoms with van der Waals surface area (Å²) in [6.45, 7) is 1.80. The molecule has 0 bridgehead atoms. The summed E-state index contributed by atoms with van der Waals surface area (Å²) in [4.78, 5) is 15.7. The minimum Gasteiger partial charge on any atom is -0.387 e. The van der Waals surface area contributed by atoms with Crippen LogP contribution in [0.1, 0.15) is 32.6 Å². The van der Waals surface area contributed by atoms with Crippen molar-refractivity contribution in [3.8, 4) is 0 Å². The van der Waals surface area contributed by atoms with Crippen LogP contribution in [-0.4, -0.2) is 23.8 Å². The lowest BCUT2D eigenvalue weighted by molar-refractivity contribution is -0.122. The average molecular weight is 195 g/mol. The first-order valence-corrected chi connectivity index (χ1v) is 5.30. The first-order valence-electron chi connectivity index (χ1n) is 5.30. The number of carbonyl (C=O) groups excluding carboxylic acids is 1. The molecule has 14 heavy (non-hydrogen) atoms. The van der Waals surface area contributed by atoms with Crippen LogP contribution in [0.15, 0.2) is 4.99 Å². The van der Waals surface area contributed by atoms with Gasteiger partial charge in [-0.1, -0.05) is 0 Å². The molecule has 4 heteroatoms. The van der Waals surface area contributed by atoms with Gasteiger partial charge in [-0.2, -0.15) is 0 Å². The highest BCUT2D eigenvalue weighted by atomic mass is 16.2. The van der Waals surface area contributed by atoms with E-state index in [1.807, 2.05) is 0 Å². The molecule has 4 nitrogen and oxygen atoms in total. The number of amides is 1. The number of nitrogens with two attached hydrogens (primary N) is 1. The topological polar surface area (TPSA) is 67.5 Å². The van der Waals surface area contributed by atoms with E-state index in [1.165, 1.54) is 0 Å². The van der Waals surface area contributed by atoms with Crippen molar-refractivity contribution in [3.05, 3.63) is 0 Å². The molecule has 2 aliphatic carbocycles.